The molecule has 11 saturated carbocycles. The first-order chi connectivity index (χ1) is 63.3. The average Bonchev–Trinajstić information content (AvgIpc) is 0.829. The predicted octanol–water partition coefficient (Wildman–Crippen LogP) is 40.9. The summed E-state index contributed by atoms with van der Waals surface area (Å²) in [7, 11) is 0. The largest absolute Gasteiger partial charge is 0.573 e. The monoisotopic (exact) mass is 1810 g/mol. The van der Waals surface area contributed by atoms with Crippen molar-refractivity contribution in [2.45, 2.75) is 400 Å². The summed E-state index contributed by atoms with van der Waals surface area (Å²) >= 11 is 0. The van der Waals surface area contributed by atoms with Crippen LogP contribution in [0.25, 0.3) is 22.3 Å². The lowest BCUT2D eigenvalue weighted by molar-refractivity contribution is -0.274. The van der Waals surface area contributed by atoms with Gasteiger partial charge in [0, 0.05) is 21.3 Å². The van der Waals surface area contributed by atoms with Crippen molar-refractivity contribution in [3.05, 3.63) is 227 Å². The molecule has 0 aliphatic heterocycles. The Kier molecular flexibility index (Phi) is 39.5. The van der Waals surface area contributed by atoms with Crippen LogP contribution in [0.4, 0.5) is 22.0 Å². The molecule has 7 aromatic rings. The minimum atomic E-state index is -4.81. The number of ether oxygens (including phenoxy) is 2. The zero-order valence-corrected chi connectivity index (χ0v) is 82.9. The summed E-state index contributed by atoms with van der Waals surface area (Å²) in [6.07, 6.45) is 60.1. The van der Waals surface area contributed by atoms with Gasteiger partial charge in [0.2, 0.25) is 0 Å². The van der Waals surface area contributed by atoms with Crippen molar-refractivity contribution in [1.82, 2.24) is 0 Å². The maximum absolute atomic E-state index is 14.9. The lowest BCUT2D eigenvalue weighted by Crippen LogP contribution is -2.25. The van der Waals surface area contributed by atoms with Crippen LogP contribution in [0, 0.1) is 113 Å². The third-order valence-electron chi connectivity index (χ3n) is 35.2. The Morgan fingerprint density at radius 3 is 0.847 bits per heavy atom. The molecule has 8 heteroatoms. The molecule has 0 saturated heterocycles. The van der Waals surface area contributed by atoms with E-state index >= 15 is 0 Å². The van der Waals surface area contributed by atoms with Crippen LogP contribution in [0.15, 0.2) is 170 Å². The third kappa shape index (κ3) is 31.6. The van der Waals surface area contributed by atoms with Crippen LogP contribution in [0.2, 0.25) is 0 Å². The second kappa shape index (κ2) is 50.9. The molecule has 11 aliphatic rings. The second-order valence-corrected chi connectivity index (χ2v) is 45.4. The Hall–Kier alpha value is -6.80. The summed E-state index contributed by atoms with van der Waals surface area (Å²) in [4.78, 5) is 12.2. The van der Waals surface area contributed by atoms with Gasteiger partial charge in [-0.05, 0) is 403 Å². The topological polar surface area (TPSA) is 35.5 Å². The molecule has 11 aliphatic carbocycles. The normalized spacial score (nSPS) is 31.1. The van der Waals surface area contributed by atoms with Gasteiger partial charge in [0.15, 0.2) is 0 Å². The van der Waals surface area contributed by atoms with Crippen molar-refractivity contribution in [1.29, 1.82) is 0 Å². The summed E-state index contributed by atoms with van der Waals surface area (Å²) < 4.78 is 74.6. The first-order valence-corrected chi connectivity index (χ1v) is 53.9. The van der Waals surface area contributed by atoms with Crippen molar-refractivity contribution in [2.24, 2.45) is 94.7 Å². The van der Waals surface area contributed by atoms with E-state index in [0.717, 1.165) is 173 Å². The van der Waals surface area contributed by atoms with Crippen LogP contribution in [-0.2, 0) is 0 Å². The summed E-state index contributed by atoms with van der Waals surface area (Å²) in [5.74, 6) is 17.6. The fraction of sp³-hybridized carbons (Fsp3) is 0.634. The molecule has 0 heterocycles. The predicted molar refractivity (Wildman–Crippen MR) is 564 cm³/mol. The number of alkyl halides is 3. The Morgan fingerprint density at radius 1 is 0.305 bits per heavy atom. The van der Waals surface area contributed by atoms with E-state index in [0.29, 0.717) is 17.8 Å². The number of rotatable bonds is 16. The zero-order chi connectivity index (χ0) is 92.3. The average molecular weight is 1810 g/mol. The maximum atomic E-state index is 14.9. The number of carbonyl (C=O) groups excluding carboxylic acids is 1. The number of halogens is 5. The molecule has 11 fully saturated rings. The van der Waals surface area contributed by atoms with Gasteiger partial charge in [0.1, 0.15) is 23.1 Å². The molecule has 0 radical (unpaired) electrons. The number of carbonyl (C=O) groups is 1. The van der Waals surface area contributed by atoms with E-state index in [1.807, 2.05) is 6.07 Å². The number of aryl methyl sites for hydroxylation is 1. The fourth-order valence-corrected chi connectivity index (χ4v) is 25.6. The molecule has 3 nitrogen and oxygen atoms in total. The number of allylic oxidation sites excluding steroid dienone is 1. The first-order valence-electron chi connectivity index (χ1n) is 53.9. The molecular weight excluding hydrogens is 1620 g/mol. The van der Waals surface area contributed by atoms with E-state index in [9.17, 15) is 26.7 Å². The summed E-state index contributed by atoms with van der Waals surface area (Å²) in [5, 5.41) is 0. The van der Waals surface area contributed by atoms with Gasteiger partial charge in [-0.2, -0.15) is 0 Å². The van der Waals surface area contributed by atoms with Crippen LogP contribution < -0.4 is 9.47 Å². The van der Waals surface area contributed by atoms with E-state index in [2.05, 4.69) is 190 Å². The highest BCUT2D eigenvalue weighted by Crippen LogP contribution is 2.49. The number of benzene rings is 7. The molecule has 131 heavy (non-hydrogen) atoms. The number of hydrogen-bond acceptors (Lipinski definition) is 3. The van der Waals surface area contributed by atoms with Gasteiger partial charge in [-0.15, -0.1) is 19.8 Å². The quantitative estimate of drug-likeness (QED) is 0.0419. The fourth-order valence-electron chi connectivity index (χ4n) is 25.6. The number of esters is 1. The van der Waals surface area contributed by atoms with Crippen molar-refractivity contribution in [3.63, 3.8) is 0 Å². The molecule has 0 spiro atoms. The van der Waals surface area contributed by atoms with Crippen LogP contribution in [0.1, 0.15) is 452 Å². The molecule has 738 valence electrons. The zero-order valence-electron chi connectivity index (χ0n) is 82.9. The van der Waals surface area contributed by atoms with Crippen molar-refractivity contribution < 1.29 is 51.9 Å². The Morgan fingerprint density at radius 2 is 0.550 bits per heavy atom. The molecule has 0 N–H and O–H groups in total. The lowest BCUT2D eigenvalue weighted by atomic mass is 9.68. The molecule has 0 bridgehead atoms. The highest BCUT2D eigenvalue weighted by atomic mass is 19.4. The van der Waals surface area contributed by atoms with E-state index in [1.54, 1.807) is 80.2 Å². The van der Waals surface area contributed by atoms with Gasteiger partial charge in [0.25, 0.3) is 0 Å². The lowest BCUT2D eigenvalue weighted by Gasteiger charge is -2.38. The maximum Gasteiger partial charge on any atom is 0.573 e. The highest BCUT2D eigenvalue weighted by molar-refractivity contribution is 5.91. The summed E-state index contributed by atoms with van der Waals surface area (Å²) in [6, 6.07) is 51.6. The molecule has 0 atom stereocenters. The Labute approximate surface area is 808 Å². The minimum absolute atomic E-state index is 0. The first kappa shape index (κ1) is 102. The van der Waals surface area contributed by atoms with Gasteiger partial charge >= 0.3 is 12.3 Å². The number of hydrogen-bond donors (Lipinski definition) is 0. The molecule has 18 rings (SSSR count). The van der Waals surface area contributed by atoms with Crippen molar-refractivity contribution in [3.8, 4) is 33.8 Å². The molecule has 0 aromatic heterocycles. The van der Waals surface area contributed by atoms with Crippen molar-refractivity contribution >= 4 is 5.97 Å². The molecule has 0 unspecified atom stereocenters. The van der Waals surface area contributed by atoms with E-state index in [-0.39, 0.29) is 38.7 Å². The van der Waals surface area contributed by atoms with Gasteiger partial charge in [-0.3, -0.25) is 0 Å². The van der Waals surface area contributed by atoms with Crippen LogP contribution in [-0.4, -0.2) is 12.3 Å². The van der Waals surface area contributed by atoms with Crippen LogP contribution in [0.3, 0.4) is 0 Å². The van der Waals surface area contributed by atoms with Crippen LogP contribution in [0.5, 0.6) is 11.5 Å². The van der Waals surface area contributed by atoms with Gasteiger partial charge in [-0.1, -0.05) is 305 Å². The summed E-state index contributed by atoms with van der Waals surface area (Å²) in [6.45, 7) is 27.5. The van der Waals surface area contributed by atoms with E-state index in [4.69, 9.17) is 4.74 Å². The SMILES string of the molecule is C=CCC1CCC(C2CCC(c3ccc(C)cc3)CC2)CC1.CC1CCC(C2CCC(C)CC2)CC1.CC1CCC(C2CCC(C)CC2)CC1.CC1CCC(c2ccc(-c3ccc(C4CCC(C)CC4)cc3)cc2)CC1.CC1CCC(c2ccc(-c3ccc(C4CCC(C)CC4)cc3F)cc2)CC1.CC1CCC(c2ccc(C(=O)Oc3ccc(OC(F)(F)F)cc3)c(F)c2)CC1.[HH].[HH].[HH].[HH].[HH].[HH].[HH].[HH].[HH].[HH].[HH]. The van der Waals surface area contributed by atoms with E-state index in [1.165, 1.54) is 252 Å². The van der Waals surface area contributed by atoms with Crippen molar-refractivity contribution in [2.75, 3.05) is 0 Å². The molecule has 0 amide bonds. The van der Waals surface area contributed by atoms with E-state index < -0.39 is 23.9 Å². The van der Waals surface area contributed by atoms with Crippen LogP contribution >= 0.6 is 0 Å². The molecule has 7 aromatic carbocycles. The minimum Gasteiger partial charge on any atom is -0.423 e. The smallest absolute Gasteiger partial charge is 0.423 e. The second-order valence-electron chi connectivity index (χ2n) is 45.4. The van der Waals surface area contributed by atoms with Gasteiger partial charge in [-0.25, -0.2) is 13.6 Å². The third-order valence-corrected chi connectivity index (χ3v) is 35.2. The van der Waals surface area contributed by atoms with Gasteiger partial charge < -0.3 is 9.47 Å². The summed E-state index contributed by atoms with van der Waals surface area (Å²) in [5.41, 5.74) is 13.8. The Balaban J connectivity index is 0.000000576. The molecular formula is C123H193F5O3. The van der Waals surface area contributed by atoms with Gasteiger partial charge in [0.05, 0.1) is 5.56 Å². The standard InChI is InChI=1S/C26H33F.C26H34.C22H32.C21H20F4O3.2C14H26.11H2/c1-18-3-7-20(8-4-18)21-11-13-23(14-12-21)25-16-15-24(17-26(25)27)22-9-5-19(2)6-10-22;1-19-3-7-21(8-4-19)23-11-15-25(16-12-23)26-17-13-24(14-18-26)22-9-5-20(2)6-10-22;1-3-4-18-7-11-20(12-8-18)22-15-13-21(14-16-22)19-9-5-17(2)6-10-19;1-13-2-4-14(5-3-13)15-6-11-18(19(22)12-15)20(26)27-16-7-9-17(10-8-16)28-21(23,24)25;2*1-11-3-7-13(8-4-11)14-9-5-12(2)6-10-14;;;;;;;;;;;/h11-20,22H,3-10H2,1-2H3;11-22H,3-10H2,1-2H3;3,5-6,9-10,18,20-22H,1,4,7-8,11-16H2,2H3;6-14H,2-5H2,1H3;2*11-14H,3-10H2,1-2H3;11*1H. The highest BCUT2D eigenvalue weighted by Gasteiger charge is 2.36. The Bertz CT molecular complexity index is 4330.